The minimum atomic E-state index is -0.817. The zero-order valence-corrected chi connectivity index (χ0v) is 19.4. The summed E-state index contributed by atoms with van der Waals surface area (Å²) >= 11 is 0. The molecule has 0 fully saturated rings. The summed E-state index contributed by atoms with van der Waals surface area (Å²) in [4.78, 5) is 11.2. The van der Waals surface area contributed by atoms with Gasteiger partial charge in [0.15, 0.2) is 0 Å². The molecule has 0 aliphatic heterocycles. The molecule has 0 aromatic heterocycles. The van der Waals surface area contributed by atoms with Gasteiger partial charge in [0.05, 0.1) is 0 Å². The Hall–Kier alpha value is -0.790. The van der Waals surface area contributed by atoms with Crippen molar-refractivity contribution in [2.75, 3.05) is 0 Å². The third kappa shape index (κ3) is 17.3. The van der Waals surface area contributed by atoms with Crippen LogP contribution in [0.15, 0.2) is 12.2 Å². The lowest BCUT2D eigenvalue weighted by Gasteiger charge is -2.19. The van der Waals surface area contributed by atoms with Crippen molar-refractivity contribution in [3.63, 3.8) is 0 Å². The van der Waals surface area contributed by atoms with Crippen LogP contribution in [0.5, 0.6) is 0 Å². The fourth-order valence-electron chi connectivity index (χ4n) is 4.12. The van der Waals surface area contributed by atoms with E-state index in [4.69, 9.17) is 0 Å². The summed E-state index contributed by atoms with van der Waals surface area (Å²) in [5.41, 5.74) is 0.412. The molecule has 0 heterocycles. The minimum absolute atomic E-state index is 0.157. The molecule has 0 amide bonds. The number of carboxylic acid groups (broad SMARTS) is 1. The Morgan fingerprint density at radius 2 is 1.07 bits per heavy atom. The highest BCUT2D eigenvalue weighted by molar-refractivity contribution is 5.86. The second-order valence-electron chi connectivity index (χ2n) is 9.25. The highest BCUT2D eigenvalue weighted by Crippen LogP contribution is 2.25. The van der Waals surface area contributed by atoms with Gasteiger partial charge in [-0.2, -0.15) is 0 Å². The molecular weight excluding hydrogens is 344 g/mol. The summed E-state index contributed by atoms with van der Waals surface area (Å²) in [6.07, 6.45) is 23.9. The molecule has 0 aromatic carbocycles. The van der Waals surface area contributed by atoms with E-state index in [-0.39, 0.29) is 5.92 Å². The lowest BCUT2D eigenvalue weighted by atomic mass is 9.86. The zero-order valence-electron chi connectivity index (χ0n) is 19.4. The highest BCUT2D eigenvalue weighted by atomic mass is 16.4. The van der Waals surface area contributed by atoms with Gasteiger partial charge in [-0.1, -0.05) is 130 Å². The quantitative estimate of drug-likeness (QED) is 0.156. The molecule has 0 rings (SSSR count). The van der Waals surface area contributed by atoms with E-state index in [9.17, 15) is 9.90 Å². The largest absolute Gasteiger partial charge is 0.478 e. The van der Waals surface area contributed by atoms with Crippen molar-refractivity contribution in [1.82, 2.24) is 0 Å². The first-order valence-electron chi connectivity index (χ1n) is 12.4. The van der Waals surface area contributed by atoms with Crippen LogP contribution in [0.3, 0.4) is 0 Å². The minimum Gasteiger partial charge on any atom is -0.478 e. The maximum atomic E-state index is 11.2. The van der Waals surface area contributed by atoms with E-state index in [0.29, 0.717) is 11.5 Å². The van der Waals surface area contributed by atoms with Gasteiger partial charge in [-0.3, -0.25) is 0 Å². The first-order chi connectivity index (χ1) is 13.5. The Morgan fingerprint density at radius 3 is 1.39 bits per heavy atom. The predicted octanol–water partition coefficient (Wildman–Crippen LogP) is 8.94. The Bertz CT molecular complexity index is 373. The van der Waals surface area contributed by atoms with Gasteiger partial charge in [0.1, 0.15) is 0 Å². The van der Waals surface area contributed by atoms with E-state index >= 15 is 0 Å². The second-order valence-corrected chi connectivity index (χ2v) is 9.25. The summed E-state index contributed by atoms with van der Waals surface area (Å²) in [5.74, 6) is -0.131. The number of hydrogen-bond acceptors (Lipinski definition) is 1. The van der Waals surface area contributed by atoms with E-state index in [1.807, 2.05) is 0 Å². The Balaban J connectivity index is 3.44. The van der Waals surface area contributed by atoms with Gasteiger partial charge in [-0.15, -0.1) is 0 Å². The molecule has 0 aromatic rings. The van der Waals surface area contributed by atoms with Crippen LogP contribution in [0.2, 0.25) is 0 Å². The number of aliphatic carboxylic acids is 1. The number of rotatable bonds is 21. The SMILES string of the molecule is C=C(C(=O)O)C(CCCCCCCCCCCCCCCCCC)CC(C)C. The molecule has 1 unspecified atom stereocenters. The lowest BCUT2D eigenvalue weighted by Crippen LogP contribution is -2.14. The first-order valence-corrected chi connectivity index (χ1v) is 12.4. The summed E-state index contributed by atoms with van der Waals surface area (Å²) in [7, 11) is 0. The Morgan fingerprint density at radius 1 is 0.714 bits per heavy atom. The average molecular weight is 395 g/mol. The van der Waals surface area contributed by atoms with Crippen LogP contribution >= 0.6 is 0 Å². The molecule has 0 saturated heterocycles. The van der Waals surface area contributed by atoms with Gasteiger partial charge in [0.2, 0.25) is 0 Å². The van der Waals surface area contributed by atoms with Gasteiger partial charge < -0.3 is 5.11 Å². The van der Waals surface area contributed by atoms with Crippen LogP contribution in [0.1, 0.15) is 136 Å². The maximum absolute atomic E-state index is 11.2. The van der Waals surface area contributed by atoms with Crippen LogP contribution in [0.25, 0.3) is 0 Å². The third-order valence-corrected chi connectivity index (χ3v) is 5.93. The van der Waals surface area contributed by atoms with Gasteiger partial charge in [-0.05, 0) is 24.7 Å². The van der Waals surface area contributed by atoms with E-state index in [1.54, 1.807) is 0 Å². The monoisotopic (exact) mass is 394 g/mol. The standard InChI is InChI=1S/C26H50O2/c1-5-6-7-8-9-10-11-12-13-14-15-16-17-18-19-20-21-25(22-23(2)3)24(4)26(27)28/h23,25H,4-22H2,1-3H3,(H,27,28). The zero-order chi connectivity index (χ0) is 21.0. The van der Waals surface area contributed by atoms with E-state index in [1.165, 1.54) is 96.3 Å². The van der Waals surface area contributed by atoms with Gasteiger partial charge in [-0.25, -0.2) is 4.79 Å². The molecule has 0 radical (unpaired) electrons. The number of unbranched alkanes of at least 4 members (excludes halogenated alkanes) is 15. The molecule has 1 N–H and O–H groups in total. The molecule has 0 aliphatic carbocycles. The topological polar surface area (TPSA) is 37.3 Å². The molecule has 2 heteroatoms. The van der Waals surface area contributed by atoms with Gasteiger partial charge in [0.25, 0.3) is 0 Å². The molecule has 28 heavy (non-hydrogen) atoms. The molecule has 0 spiro atoms. The van der Waals surface area contributed by atoms with Crippen LogP contribution in [0.4, 0.5) is 0 Å². The molecule has 0 saturated carbocycles. The smallest absolute Gasteiger partial charge is 0.331 e. The van der Waals surface area contributed by atoms with E-state index in [2.05, 4.69) is 27.4 Å². The molecular formula is C26H50O2. The fourth-order valence-corrected chi connectivity index (χ4v) is 4.12. The van der Waals surface area contributed by atoms with Gasteiger partial charge >= 0.3 is 5.97 Å². The number of carbonyl (C=O) groups is 1. The second kappa shape index (κ2) is 19.5. The molecule has 0 aliphatic rings. The summed E-state index contributed by atoms with van der Waals surface area (Å²) < 4.78 is 0. The fraction of sp³-hybridized carbons (Fsp3) is 0.885. The molecule has 2 nitrogen and oxygen atoms in total. The maximum Gasteiger partial charge on any atom is 0.331 e. The van der Waals surface area contributed by atoms with Crippen molar-refractivity contribution in [1.29, 1.82) is 0 Å². The molecule has 0 bridgehead atoms. The van der Waals surface area contributed by atoms with Crippen molar-refractivity contribution in [3.8, 4) is 0 Å². The van der Waals surface area contributed by atoms with E-state index < -0.39 is 5.97 Å². The van der Waals surface area contributed by atoms with Crippen molar-refractivity contribution < 1.29 is 9.90 Å². The van der Waals surface area contributed by atoms with Crippen molar-refractivity contribution in [2.45, 2.75) is 136 Å². The van der Waals surface area contributed by atoms with Crippen LogP contribution in [-0.2, 0) is 4.79 Å². The molecule has 1 atom stereocenters. The first kappa shape index (κ1) is 27.2. The summed E-state index contributed by atoms with van der Waals surface area (Å²) in [6.45, 7) is 10.4. The Labute approximate surface area is 176 Å². The average Bonchev–Trinajstić information content (AvgIpc) is 2.65. The summed E-state index contributed by atoms with van der Waals surface area (Å²) in [6, 6.07) is 0. The number of hydrogen-bond donors (Lipinski definition) is 1. The Kier molecular flexibility index (Phi) is 19.0. The van der Waals surface area contributed by atoms with E-state index in [0.717, 1.165) is 19.3 Å². The van der Waals surface area contributed by atoms with Crippen LogP contribution < -0.4 is 0 Å². The third-order valence-electron chi connectivity index (χ3n) is 5.93. The highest BCUT2D eigenvalue weighted by Gasteiger charge is 2.19. The number of carboxylic acids is 1. The van der Waals surface area contributed by atoms with Crippen molar-refractivity contribution >= 4 is 5.97 Å². The van der Waals surface area contributed by atoms with Crippen molar-refractivity contribution in [3.05, 3.63) is 12.2 Å². The van der Waals surface area contributed by atoms with Gasteiger partial charge in [0, 0.05) is 5.57 Å². The predicted molar refractivity (Wildman–Crippen MR) is 124 cm³/mol. The normalized spacial score (nSPS) is 12.4. The van der Waals surface area contributed by atoms with Crippen LogP contribution in [-0.4, -0.2) is 11.1 Å². The van der Waals surface area contributed by atoms with Crippen molar-refractivity contribution in [2.24, 2.45) is 11.8 Å². The van der Waals surface area contributed by atoms with Crippen LogP contribution in [0, 0.1) is 11.8 Å². The molecule has 166 valence electrons. The lowest BCUT2D eigenvalue weighted by molar-refractivity contribution is -0.133. The summed E-state index contributed by atoms with van der Waals surface area (Å²) in [5, 5.41) is 9.20.